The maximum absolute atomic E-state index is 13.6. The molecule has 23 heavy (non-hydrogen) atoms. The number of hydrogen-bond acceptors (Lipinski definition) is 4. The van der Waals surface area contributed by atoms with E-state index in [2.05, 4.69) is 20.7 Å². The molecule has 0 aliphatic heterocycles. The summed E-state index contributed by atoms with van der Waals surface area (Å²) in [5, 5.41) is 0.357. The van der Waals surface area contributed by atoms with E-state index in [1.165, 1.54) is 13.2 Å². The van der Waals surface area contributed by atoms with Crippen LogP contribution in [0.4, 0.5) is 9.18 Å². The quantitative estimate of drug-likeness (QED) is 0.515. The number of methoxy groups -OCH3 is 1. The number of ether oxygens (including phenoxy) is 3. The highest BCUT2D eigenvalue weighted by atomic mass is 79.9. The summed E-state index contributed by atoms with van der Waals surface area (Å²) in [6.45, 7) is 1.65. The Bertz CT molecular complexity index is 736. The van der Waals surface area contributed by atoms with Gasteiger partial charge in [-0.05, 0) is 46.6 Å². The third-order valence-corrected chi connectivity index (χ3v) is 3.99. The Kier molecular flexibility index (Phi) is 5.85. The van der Waals surface area contributed by atoms with Crippen LogP contribution in [0.5, 0.6) is 11.5 Å². The predicted molar refractivity (Wildman–Crippen MR) is 87.7 cm³/mol. The zero-order valence-corrected chi connectivity index (χ0v) is 14.7. The van der Waals surface area contributed by atoms with Crippen molar-refractivity contribution in [2.24, 2.45) is 0 Å². The van der Waals surface area contributed by atoms with Crippen molar-refractivity contribution in [2.45, 2.75) is 13.5 Å². The van der Waals surface area contributed by atoms with Gasteiger partial charge in [-0.1, -0.05) is 17.7 Å². The van der Waals surface area contributed by atoms with Crippen LogP contribution in [0.2, 0.25) is 5.02 Å². The Morgan fingerprint density at radius 3 is 2.74 bits per heavy atom. The summed E-state index contributed by atoms with van der Waals surface area (Å²) < 4.78 is 29.3. The summed E-state index contributed by atoms with van der Waals surface area (Å²) in [5.74, 6) is 0.151. The Balaban J connectivity index is 2.23. The summed E-state index contributed by atoms with van der Waals surface area (Å²) in [7, 11) is 1.20. The van der Waals surface area contributed by atoms with Crippen LogP contribution < -0.4 is 9.47 Å². The fourth-order valence-electron chi connectivity index (χ4n) is 1.79. The molecule has 0 spiro atoms. The van der Waals surface area contributed by atoms with E-state index in [1.807, 2.05) is 0 Å². The minimum atomic E-state index is -0.865. The molecule has 2 aromatic rings. The van der Waals surface area contributed by atoms with Gasteiger partial charge >= 0.3 is 6.16 Å². The molecule has 0 N–H and O–H groups in total. The average Bonchev–Trinajstić information content (AvgIpc) is 2.51. The van der Waals surface area contributed by atoms with Crippen molar-refractivity contribution < 1.29 is 23.4 Å². The second-order valence-electron chi connectivity index (χ2n) is 4.59. The molecule has 0 unspecified atom stereocenters. The second-order valence-corrected chi connectivity index (χ2v) is 5.85. The topological polar surface area (TPSA) is 44.8 Å². The zero-order chi connectivity index (χ0) is 17.0. The molecule has 0 bridgehead atoms. The summed E-state index contributed by atoms with van der Waals surface area (Å²) in [6, 6.07) is 7.72. The lowest BCUT2D eigenvalue weighted by Gasteiger charge is -2.13. The molecule has 0 aliphatic carbocycles. The molecule has 0 radical (unpaired) electrons. The van der Waals surface area contributed by atoms with Gasteiger partial charge < -0.3 is 14.2 Å². The van der Waals surface area contributed by atoms with E-state index in [0.29, 0.717) is 26.4 Å². The number of rotatable bonds is 4. The molecule has 0 amide bonds. The first-order valence-electron chi connectivity index (χ1n) is 6.54. The molecule has 2 rings (SSSR count). The van der Waals surface area contributed by atoms with Crippen molar-refractivity contribution in [1.82, 2.24) is 0 Å². The van der Waals surface area contributed by atoms with Crippen LogP contribution in [0.25, 0.3) is 0 Å². The van der Waals surface area contributed by atoms with E-state index in [9.17, 15) is 9.18 Å². The summed E-state index contributed by atoms with van der Waals surface area (Å²) in [5.41, 5.74) is 0.948. The number of hydrogen-bond donors (Lipinski definition) is 0. The minimum Gasteiger partial charge on any atom is -0.487 e. The Labute approximate surface area is 146 Å². The molecule has 0 fully saturated rings. The molecule has 4 nitrogen and oxygen atoms in total. The van der Waals surface area contributed by atoms with Crippen molar-refractivity contribution in [3.63, 3.8) is 0 Å². The highest BCUT2D eigenvalue weighted by Crippen LogP contribution is 2.32. The van der Waals surface area contributed by atoms with Crippen molar-refractivity contribution in [3.8, 4) is 11.5 Å². The van der Waals surface area contributed by atoms with E-state index in [4.69, 9.17) is 21.1 Å². The van der Waals surface area contributed by atoms with Crippen LogP contribution in [0.3, 0.4) is 0 Å². The average molecular weight is 404 g/mol. The summed E-state index contributed by atoms with van der Waals surface area (Å²) >= 11 is 9.43. The summed E-state index contributed by atoms with van der Waals surface area (Å²) in [6.07, 6.45) is -0.865. The van der Waals surface area contributed by atoms with Gasteiger partial charge in [0.2, 0.25) is 0 Å². The minimum absolute atomic E-state index is 0.00684. The first kappa shape index (κ1) is 17.6. The SMILES string of the molecule is COC(=O)Oc1cccc(Cl)c1COc1cc(F)c(C)cc1Br. The third-order valence-electron chi connectivity index (χ3n) is 3.02. The molecular formula is C16H13BrClFO4. The lowest BCUT2D eigenvalue weighted by molar-refractivity contribution is 0.120. The van der Waals surface area contributed by atoms with E-state index in [-0.39, 0.29) is 18.2 Å². The molecule has 0 saturated carbocycles. The zero-order valence-electron chi connectivity index (χ0n) is 12.4. The van der Waals surface area contributed by atoms with E-state index in [0.717, 1.165) is 0 Å². The van der Waals surface area contributed by atoms with Gasteiger partial charge in [-0.2, -0.15) is 0 Å². The van der Waals surface area contributed by atoms with Crippen LogP contribution >= 0.6 is 27.5 Å². The fourth-order valence-corrected chi connectivity index (χ4v) is 2.59. The number of halogens is 3. The number of carbonyl (C=O) groups is 1. The van der Waals surface area contributed by atoms with Crippen LogP contribution in [0, 0.1) is 12.7 Å². The number of carbonyl (C=O) groups excluding carboxylic acids is 1. The van der Waals surface area contributed by atoms with Crippen molar-refractivity contribution in [1.29, 1.82) is 0 Å². The second kappa shape index (κ2) is 7.66. The Hall–Kier alpha value is -1.79. The van der Waals surface area contributed by atoms with Crippen molar-refractivity contribution >= 4 is 33.7 Å². The van der Waals surface area contributed by atoms with Gasteiger partial charge in [0.1, 0.15) is 23.9 Å². The largest absolute Gasteiger partial charge is 0.513 e. The highest BCUT2D eigenvalue weighted by molar-refractivity contribution is 9.10. The molecule has 122 valence electrons. The molecule has 2 aromatic carbocycles. The van der Waals surface area contributed by atoms with Gasteiger partial charge in [0.05, 0.1) is 22.2 Å². The maximum atomic E-state index is 13.6. The number of aryl methyl sites for hydroxylation is 1. The third kappa shape index (κ3) is 4.36. The first-order valence-corrected chi connectivity index (χ1v) is 7.71. The molecule has 0 heterocycles. The maximum Gasteiger partial charge on any atom is 0.513 e. The van der Waals surface area contributed by atoms with Crippen LogP contribution in [-0.4, -0.2) is 13.3 Å². The molecule has 0 atom stereocenters. The monoisotopic (exact) mass is 402 g/mol. The molecule has 0 aromatic heterocycles. The van der Waals surface area contributed by atoms with Crippen LogP contribution in [-0.2, 0) is 11.3 Å². The van der Waals surface area contributed by atoms with Gasteiger partial charge in [0.15, 0.2) is 0 Å². The Morgan fingerprint density at radius 1 is 1.30 bits per heavy atom. The smallest absolute Gasteiger partial charge is 0.487 e. The lowest BCUT2D eigenvalue weighted by atomic mass is 10.2. The summed E-state index contributed by atoms with van der Waals surface area (Å²) in [4.78, 5) is 11.3. The van der Waals surface area contributed by atoms with Gasteiger partial charge in [-0.15, -0.1) is 0 Å². The van der Waals surface area contributed by atoms with E-state index >= 15 is 0 Å². The van der Waals surface area contributed by atoms with Crippen molar-refractivity contribution in [3.05, 3.63) is 56.8 Å². The predicted octanol–water partition coefficient (Wildman–Crippen LogP) is 5.27. The van der Waals surface area contributed by atoms with E-state index < -0.39 is 6.16 Å². The van der Waals surface area contributed by atoms with Gasteiger partial charge in [-0.25, -0.2) is 9.18 Å². The molecular weight excluding hydrogens is 391 g/mol. The molecule has 0 saturated heterocycles. The first-order chi connectivity index (χ1) is 10.9. The van der Waals surface area contributed by atoms with Crippen molar-refractivity contribution in [2.75, 3.05) is 7.11 Å². The molecule has 7 heteroatoms. The fraction of sp³-hybridized carbons (Fsp3) is 0.188. The normalized spacial score (nSPS) is 10.3. The molecule has 0 aliphatic rings. The van der Waals surface area contributed by atoms with E-state index in [1.54, 1.807) is 31.2 Å². The highest BCUT2D eigenvalue weighted by Gasteiger charge is 2.14. The Morgan fingerprint density at radius 2 is 2.04 bits per heavy atom. The van der Waals surface area contributed by atoms with Crippen LogP contribution in [0.1, 0.15) is 11.1 Å². The van der Waals surface area contributed by atoms with Crippen LogP contribution in [0.15, 0.2) is 34.8 Å². The number of benzene rings is 2. The lowest BCUT2D eigenvalue weighted by Crippen LogP contribution is -2.10. The van der Waals surface area contributed by atoms with Gasteiger partial charge in [0.25, 0.3) is 0 Å². The standard InChI is InChI=1S/C16H13BrClFO4/c1-9-6-11(17)15(7-13(9)19)22-8-10-12(18)4-3-5-14(10)23-16(20)21-2/h3-7H,8H2,1-2H3. The van der Waals surface area contributed by atoms with Gasteiger partial charge in [0, 0.05) is 6.07 Å². The van der Waals surface area contributed by atoms with Gasteiger partial charge in [-0.3, -0.25) is 0 Å².